The molecule has 6 heteroatoms. The third kappa shape index (κ3) is 3.99. The molecule has 3 N–H and O–H groups in total. The number of nitrogens with one attached hydrogen (secondary N) is 1. The summed E-state index contributed by atoms with van der Waals surface area (Å²) in [5, 5.41) is 4.65. The number of pyridine rings is 1. The van der Waals surface area contributed by atoms with Gasteiger partial charge in [0.05, 0.1) is 18.2 Å². The topological polar surface area (TPSA) is 94.3 Å². The average Bonchev–Trinajstić information content (AvgIpc) is 2.78. The van der Waals surface area contributed by atoms with Crippen molar-refractivity contribution in [2.45, 2.75) is 37.6 Å². The third-order valence-corrected chi connectivity index (χ3v) is 5.86. The van der Waals surface area contributed by atoms with Gasteiger partial charge in [-0.05, 0) is 67.5 Å². The standard InChI is InChI=1S/C24H25N3O3/c1-30-24(29)19-7-4-6-18(23(25)28)22(19)16-9-12-17(13-10-16)26-21-14-11-15-5-2-3-8-20(15)27-21/h2-8,11,14,16-17H,9-10,12-13H2,1H3,(H2,25,28)(H,26,27). The van der Waals surface area contributed by atoms with Crippen LogP contribution in [0.25, 0.3) is 10.9 Å². The summed E-state index contributed by atoms with van der Waals surface area (Å²) in [6.45, 7) is 0. The highest BCUT2D eigenvalue weighted by Crippen LogP contribution is 2.37. The zero-order valence-electron chi connectivity index (χ0n) is 16.9. The van der Waals surface area contributed by atoms with E-state index in [0.29, 0.717) is 11.1 Å². The maximum atomic E-state index is 12.3. The largest absolute Gasteiger partial charge is 0.465 e. The van der Waals surface area contributed by atoms with Crippen molar-refractivity contribution in [2.75, 3.05) is 12.4 Å². The van der Waals surface area contributed by atoms with Crippen LogP contribution in [0.2, 0.25) is 0 Å². The SMILES string of the molecule is COC(=O)c1cccc(C(N)=O)c1C1CCC(Nc2ccc3ccccc3n2)CC1. The number of primary amides is 1. The number of carbonyl (C=O) groups is 2. The summed E-state index contributed by atoms with van der Waals surface area (Å²) in [6, 6.07) is 17.5. The molecule has 2 aromatic carbocycles. The summed E-state index contributed by atoms with van der Waals surface area (Å²) in [5.74, 6) is 0.000394. The number of rotatable bonds is 5. The van der Waals surface area contributed by atoms with Crippen LogP contribution < -0.4 is 11.1 Å². The van der Waals surface area contributed by atoms with Crippen molar-refractivity contribution >= 4 is 28.6 Å². The summed E-state index contributed by atoms with van der Waals surface area (Å²) in [7, 11) is 1.35. The maximum absolute atomic E-state index is 12.3. The summed E-state index contributed by atoms with van der Waals surface area (Å²) in [5.41, 5.74) is 8.12. The maximum Gasteiger partial charge on any atom is 0.338 e. The van der Waals surface area contributed by atoms with Crippen LogP contribution in [-0.2, 0) is 4.74 Å². The molecule has 30 heavy (non-hydrogen) atoms. The van der Waals surface area contributed by atoms with Crippen LogP contribution in [0.4, 0.5) is 5.82 Å². The van der Waals surface area contributed by atoms with Gasteiger partial charge in [0.25, 0.3) is 0 Å². The monoisotopic (exact) mass is 403 g/mol. The minimum Gasteiger partial charge on any atom is -0.465 e. The molecule has 1 amide bonds. The van der Waals surface area contributed by atoms with E-state index in [1.807, 2.05) is 30.3 Å². The molecule has 4 rings (SSSR count). The molecule has 1 saturated carbocycles. The van der Waals surface area contributed by atoms with Crippen molar-refractivity contribution in [3.63, 3.8) is 0 Å². The molecule has 1 fully saturated rings. The quantitative estimate of drug-likeness (QED) is 0.621. The van der Waals surface area contributed by atoms with Gasteiger partial charge >= 0.3 is 5.97 Å². The third-order valence-electron chi connectivity index (χ3n) is 5.86. The van der Waals surface area contributed by atoms with Gasteiger partial charge in [0, 0.05) is 17.0 Å². The molecule has 0 radical (unpaired) electrons. The first-order valence-corrected chi connectivity index (χ1v) is 10.2. The van der Waals surface area contributed by atoms with E-state index in [9.17, 15) is 9.59 Å². The first-order chi connectivity index (χ1) is 14.6. The lowest BCUT2D eigenvalue weighted by Crippen LogP contribution is -2.28. The molecule has 6 nitrogen and oxygen atoms in total. The van der Waals surface area contributed by atoms with Gasteiger partial charge in [-0.3, -0.25) is 4.79 Å². The van der Waals surface area contributed by atoms with Crippen molar-refractivity contribution in [1.29, 1.82) is 0 Å². The predicted octanol–water partition coefficient (Wildman–Crippen LogP) is 4.26. The number of amides is 1. The van der Waals surface area contributed by atoms with Gasteiger partial charge in [0.15, 0.2) is 0 Å². The molecule has 154 valence electrons. The molecule has 0 unspecified atom stereocenters. The van der Waals surface area contributed by atoms with Crippen molar-refractivity contribution in [1.82, 2.24) is 4.98 Å². The fourth-order valence-electron chi connectivity index (χ4n) is 4.39. The first-order valence-electron chi connectivity index (χ1n) is 10.2. The lowest BCUT2D eigenvalue weighted by Gasteiger charge is -2.31. The zero-order chi connectivity index (χ0) is 21.1. The van der Waals surface area contributed by atoms with Crippen LogP contribution in [0.3, 0.4) is 0 Å². The van der Waals surface area contributed by atoms with E-state index in [4.69, 9.17) is 15.5 Å². The number of methoxy groups -OCH3 is 1. The Morgan fingerprint density at radius 2 is 1.70 bits per heavy atom. The molecule has 0 atom stereocenters. The lowest BCUT2D eigenvalue weighted by atomic mass is 9.78. The molecule has 0 bridgehead atoms. The second-order valence-electron chi connectivity index (χ2n) is 7.70. The second kappa shape index (κ2) is 8.53. The van der Waals surface area contributed by atoms with Gasteiger partial charge in [-0.25, -0.2) is 9.78 Å². The Hall–Kier alpha value is -3.41. The lowest BCUT2D eigenvalue weighted by molar-refractivity contribution is 0.0598. The molecule has 0 aliphatic heterocycles. The number of esters is 1. The van der Waals surface area contributed by atoms with E-state index in [0.717, 1.165) is 48.0 Å². The number of carbonyl (C=O) groups excluding carboxylic acids is 2. The minimum absolute atomic E-state index is 0.0883. The Kier molecular flexibility index (Phi) is 5.65. The van der Waals surface area contributed by atoms with E-state index < -0.39 is 11.9 Å². The Morgan fingerprint density at radius 1 is 0.967 bits per heavy atom. The molecular formula is C24H25N3O3. The Morgan fingerprint density at radius 3 is 2.43 bits per heavy atom. The summed E-state index contributed by atoms with van der Waals surface area (Å²) in [4.78, 5) is 29.0. The number of hydrogen-bond acceptors (Lipinski definition) is 5. The number of nitrogens with two attached hydrogens (primary N) is 1. The average molecular weight is 403 g/mol. The highest BCUT2D eigenvalue weighted by atomic mass is 16.5. The highest BCUT2D eigenvalue weighted by Gasteiger charge is 2.29. The Balaban J connectivity index is 1.50. The van der Waals surface area contributed by atoms with Crippen molar-refractivity contribution < 1.29 is 14.3 Å². The van der Waals surface area contributed by atoms with E-state index >= 15 is 0 Å². The van der Waals surface area contributed by atoms with Gasteiger partial charge in [0.1, 0.15) is 5.82 Å². The molecule has 1 aromatic heterocycles. The van der Waals surface area contributed by atoms with Gasteiger partial charge in [-0.1, -0.05) is 24.3 Å². The number of fused-ring (bicyclic) bond motifs is 1. The van der Waals surface area contributed by atoms with E-state index in [1.54, 1.807) is 18.2 Å². The van der Waals surface area contributed by atoms with Crippen molar-refractivity contribution in [3.8, 4) is 0 Å². The van der Waals surface area contributed by atoms with Gasteiger partial charge in [-0.2, -0.15) is 0 Å². The fraction of sp³-hybridized carbons (Fsp3) is 0.292. The van der Waals surface area contributed by atoms with E-state index in [1.165, 1.54) is 7.11 Å². The number of ether oxygens (including phenoxy) is 1. The van der Waals surface area contributed by atoms with Crippen LogP contribution in [0, 0.1) is 0 Å². The second-order valence-corrected chi connectivity index (χ2v) is 7.70. The smallest absolute Gasteiger partial charge is 0.338 e. The molecule has 0 saturated heterocycles. The van der Waals surface area contributed by atoms with Crippen LogP contribution in [0.1, 0.15) is 57.9 Å². The number of benzene rings is 2. The summed E-state index contributed by atoms with van der Waals surface area (Å²) >= 11 is 0. The summed E-state index contributed by atoms with van der Waals surface area (Å²) < 4.78 is 4.93. The fourth-order valence-corrected chi connectivity index (χ4v) is 4.39. The number of para-hydroxylation sites is 1. The van der Waals surface area contributed by atoms with Crippen LogP contribution in [-0.4, -0.2) is 30.0 Å². The number of anilines is 1. The number of nitrogens with zero attached hydrogens (tertiary/aromatic N) is 1. The molecule has 0 spiro atoms. The van der Waals surface area contributed by atoms with Crippen LogP contribution in [0.15, 0.2) is 54.6 Å². The van der Waals surface area contributed by atoms with Crippen LogP contribution >= 0.6 is 0 Å². The van der Waals surface area contributed by atoms with Gasteiger partial charge in [0.2, 0.25) is 5.91 Å². The normalized spacial score (nSPS) is 18.7. The summed E-state index contributed by atoms with van der Waals surface area (Å²) in [6.07, 6.45) is 3.51. The minimum atomic E-state index is -0.517. The molecule has 3 aromatic rings. The Bertz CT molecular complexity index is 1090. The molecule has 1 aliphatic carbocycles. The van der Waals surface area contributed by atoms with E-state index in [2.05, 4.69) is 11.4 Å². The molecule has 1 aliphatic rings. The number of aromatic nitrogens is 1. The van der Waals surface area contributed by atoms with Gasteiger partial charge < -0.3 is 15.8 Å². The zero-order valence-corrected chi connectivity index (χ0v) is 16.9. The highest BCUT2D eigenvalue weighted by molar-refractivity contribution is 6.00. The van der Waals surface area contributed by atoms with Crippen molar-refractivity contribution in [3.05, 3.63) is 71.3 Å². The Labute approximate surface area is 175 Å². The molecular weight excluding hydrogens is 378 g/mol. The predicted molar refractivity (Wildman–Crippen MR) is 117 cm³/mol. The van der Waals surface area contributed by atoms with E-state index in [-0.39, 0.29) is 12.0 Å². The number of hydrogen-bond donors (Lipinski definition) is 2. The first kappa shape index (κ1) is 19.9. The van der Waals surface area contributed by atoms with Crippen molar-refractivity contribution in [2.24, 2.45) is 5.73 Å². The van der Waals surface area contributed by atoms with Crippen LogP contribution in [0.5, 0.6) is 0 Å². The molecule has 1 heterocycles. The van der Waals surface area contributed by atoms with Gasteiger partial charge in [-0.15, -0.1) is 0 Å².